The lowest BCUT2D eigenvalue weighted by Gasteiger charge is -2.10. The van der Waals surface area contributed by atoms with Crippen molar-refractivity contribution in [2.75, 3.05) is 0 Å². The summed E-state index contributed by atoms with van der Waals surface area (Å²) in [4.78, 5) is 0. The fourth-order valence-electron chi connectivity index (χ4n) is 2.80. The van der Waals surface area contributed by atoms with E-state index < -0.39 is 27.3 Å². The normalized spacial score (nSPS) is 12.4. The summed E-state index contributed by atoms with van der Waals surface area (Å²) in [6, 6.07) is 17.3. The van der Waals surface area contributed by atoms with Gasteiger partial charge in [0.15, 0.2) is 9.84 Å². The fraction of sp³-hybridized carbons (Fsp3) is 0.158. The third-order valence-electron chi connectivity index (χ3n) is 3.90. The standard InChI is InChI=1S/C19H15F3O2S/c20-19(21,22)17-9-3-5-14(11-17)12-25(23,24)13-16-8-4-7-15-6-1-2-10-18(15)16/h1-11H,12-13H2. The molecule has 25 heavy (non-hydrogen) atoms. The molecule has 2 nitrogen and oxygen atoms in total. The lowest BCUT2D eigenvalue weighted by molar-refractivity contribution is -0.137. The second kappa shape index (κ2) is 6.52. The maximum absolute atomic E-state index is 12.8. The fourth-order valence-corrected chi connectivity index (χ4v) is 4.31. The Morgan fingerprint density at radius 2 is 1.48 bits per heavy atom. The van der Waals surface area contributed by atoms with Gasteiger partial charge in [-0.25, -0.2) is 8.42 Å². The molecule has 0 N–H and O–H groups in total. The molecule has 0 unspecified atom stereocenters. The minimum Gasteiger partial charge on any atom is -0.228 e. The van der Waals surface area contributed by atoms with Gasteiger partial charge in [0.2, 0.25) is 0 Å². The molecule has 0 amide bonds. The third-order valence-corrected chi connectivity index (χ3v) is 5.42. The highest BCUT2D eigenvalue weighted by Crippen LogP contribution is 2.30. The molecule has 0 atom stereocenters. The molecule has 0 saturated carbocycles. The number of rotatable bonds is 4. The maximum Gasteiger partial charge on any atom is 0.416 e. The van der Waals surface area contributed by atoms with Crippen molar-refractivity contribution in [3.63, 3.8) is 0 Å². The summed E-state index contributed by atoms with van der Waals surface area (Å²) in [5, 5.41) is 1.76. The van der Waals surface area contributed by atoms with Crippen LogP contribution in [0.2, 0.25) is 0 Å². The summed E-state index contributed by atoms with van der Waals surface area (Å²) in [6.07, 6.45) is -4.49. The number of hydrogen-bond donors (Lipinski definition) is 0. The van der Waals surface area contributed by atoms with Crippen LogP contribution in [0, 0.1) is 0 Å². The second-order valence-corrected chi connectivity index (χ2v) is 7.93. The van der Waals surface area contributed by atoms with E-state index in [9.17, 15) is 21.6 Å². The lowest BCUT2D eigenvalue weighted by atomic mass is 10.1. The van der Waals surface area contributed by atoms with E-state index in [2.05, 4.69) is 0 Å². The molecule has 0 bridgehead atoms. The second-order valence-electron chi connectivity index (χ2n) is 5.87. The zero-order valence-corrected chi connectivity index (χ0v) is 13.9. The minimum atomic E-state index is -4.49. The largest absolute Gasteiger partial charge is 0.416 e. The van der Waals surface area contributed by atoms with Crippen molar-refractivity contribution in [3.05, 3.63) is 83.4 Å². The molecule has 130 valence electrons. The van der Waals surface area contributed by atoms with Gasteiger partial charge in [0.25, 0.3) is 0 Å². The van der Waals surface area contributed by atoms with Gasteiger partial charge in [-0.15, -0.1) is 0 Å². The van der Waals surface area contributed by atoms with Crippen LogP contribution in [0.1, 0.15) is 16.7 Å². The van der Waals surface area contributed by atoms with Crippen molar-refractivity contribution in [1.82, 2.24) is 0 Å². The first-order valence-corrected chi connectivity index (χ1v) is 9.40. The molecule has 0 fully saturated rings. The Morgan fingerprint density at radius 1 is 0.800 bits per heavy atom. The molecule has 6 heteroatoms. The van der Waals surface area contributed by atoms with E-state index in [1.165, 1.54) is 12.1 Å². The molecule has 3 aromatic carbocycles. The van der Waals surface area contributed by atoms with Crippen LogP contribution in [0.5, 0.6) is 0 Å². The predicted octanol–water partition coefficient (Wildman–Crippen LogP) is 4.97. The Bertz CT molecular complexity index is 1000. The summed E-state index contributed by atoms with van der Waals surface area (Å²) >= 11 is 0. The zero-order valence-electron chi connectivity index (χ0n) is 13.1. The Hall–Kier alpha value is -2.34. The zero-order chi connectivity index (χ0) is 18.1. The van der Waals surface area contributed by atoms with Crippen LogP contribution in [-0.2, 0) is 27.5 Å². The Labute approximate surface area is 143 Å². The average Bonchev–Trinajstić information content (AvgIpc) is 2.54. The molecule has 0 aliphatic carbocycles. The molecule has 0 spiro atoms. The molecule has 0 radical (unpaired) electrons. The van der Waals surface area contributed by atoms with Gasteiger partial charge < -0.3 is 0 Å². The van der Waals surface area contributed by atoms with Crippen molar-refractivity contribution < 1.29 is 21.6 Å². The first-order valence-electron chi connectivity index (χ1n) is 7.58. The number of benzene rings is 3. The summed E-state index contributed by atoms with van der Waals surface area (Å²) in [7, 11) is -3.61. The molecule has 0 aromatic heterocycles. The quantitative estimate of drug-likeness (QED) is 0.655. The van der Waals surface area contributed by atoms with Crippen LogP contribution in [0.15, 0.2) is 66.7 Å². The number of halogens is 3. The topological polar surface area (TPSA) is 34.1 Å². The number of fused-ring (bicyclic) bond motifs is 1. The van der Waals surface area contributed by atoms with Crippen molar-refractivity contribution in [1.29, 1.82) is 0 Å². The van der Waals surface area contributed by atoms with Crippen molar-refractivity contribution >= 4 is 20.6 Å². The van der Waals surface area contributed by atoms with Gasteiger partial charge in [0, 0.05) is 0 Å². The van der Waals surface area contributed by atoms with E-state index in [-0.39, 0.29) is 11.3 Å². The van der Waals surface area contributed by atoms with Crippen molar-refractivity contribution in [2.45, 2.75) is 17.7 Å². The van der Waals surface area contributed by atoms with Gasteiger partial charge in [0.05, 0.1) is 17.1 Å². The first kappa shape index (κ1) is 17.5. The molecule has 3 aromatic rings. The van der Waals surface area contributed by atoms with E-state index in [0.29, 0.717) is 5.56 Å². The molecule has 0 aliphatic heterocycles. The predicted molar refractivity (Wildman–Crippen MR) is 91.7 cm³/mol. The maximum atomic E-state index is 12.8. The minimum absolute atomic E-state index is 0.134. The first-order chi connectivity index (χ1) is 11.7. The number of sulfone groups is 1. The third kappa shape index (κ3) is 4.20. The van der Waals surface area contributed by atoms with Crippen LogP contribution >= 0.6 is 0 Å². The molecular formula is C19H15F3O2S. The van der Waals surface area contributed by atoms with Crippen molar-refractivity contribution in [2.24, 2.45) is 0 Å². The van der Waals surface area contributed by atoms with E-state index in [1.54, 1.807) is 12.1 Å². The Kier molecular flexibility index (Phi) is 4.56. The molecule has 0 saturated heterocycles. The molecule has 3 rings (SSSR count). The summed E-state index contributed by atoms with van der Waals surface area (Å²) in [5.41, 5.74) is -0.0644. The van der Waals surface area contributed by atoms with Crippen molar-refractivity contribution in [3.8, 4) is 0 Å². The van der Waals surface area contributed by atoms with Gasteiger partial charge in [-0.2, -0.15) is 13.2 Å². The number of hydrogen-bond acceptors (Lipinski definition) is 2. The molecule has 0 aliphatic rings. The van der Waals surface area contributed by atoms with E-state index in [1.807, 2.05) is 30.3 Å². The Balaban J connectivity index is 1.88. The van der Waals surface area contributed by atoms with Crippen LogP contribution in [0.4, 0.5) is 13.2 Å². The van der Waals surface area contributed by atoms with Gasteiger partial charge in [-0.1, -0.05) is 60.7 Å². The van der Waals surface area contributed by atoms with Crippen LogP contribution < -0.4 is 0 Å². The monoisotopic (exact) mass is 364 g/mol. The molecular weight excluding hydrogens is 349 g/mol. The van der Waals surface area contributed by atoms with E-state index in [4.69, 9.17) is 0 Å². The summed E-state index contributed by atoms with van der Waals surface area (Å²) < 4.78 is 63.3. The van der Waals surface area contributed by atoms with E-state index in [0.717, 1.165) is 22.9 Å². The van der Waals surface area contributed by atoms with Gasteiger partial charge in [0.1, 0.15) is 0 Å². The SMILES string of the molecule is O=S(=O)(Cc1cccc(C(F)(F)F)c1)Cc1cccc2ccccc12. The van der Waals surface area contributed by atoms with E-state index >= 15 is 0 Å². The highest BCUT2D eigenvalue weighted by molar-refractivity contribution is 7.89. The van der Waals surface area contributed by atoms with Crippen LogP contribution in [0.25, 0.3) is 10.8 Å². The summed E-state index contributed by atoms with van der Waals surface area (Å²) in [5.74, 6) is -0.648. The van der Waals surface area contributed by atoms with Gasteiger partial charge in [-0.05, 0) is 28.0 Å². The summed E-state index contributed by atoms with van der Waals surface area (Å²) in [6.45, 7) is 0. The smallest absolute Gasteiger partial charge is 0.228 e. The molecule has 0 heterocycles. The van der Waals surface area contributed by atoms with Gasteiger partial charge >= 0.3 is 6.18 Å². The highest BCUT2D eigenvalue weighted by Gasteiger charge is 2.30. The Morgan fingerprint density at radius 3 is 2.24 bits per heavy atom. The average molecular weight is 364 g/mol. The highest BCUT2D eigenvalue weighted by atomic mass is 32.2. The van der Waals surface area contributed by atoms with Crippen LogP contribution in [-0.4, -0.2) is 8.42 Å². The lowest BCUT2D eigenvalue weighted by Crippen LogP contribution is -2.10. The van der Waals surface area contributed by atoms with Crippen LogP contribution in [0.3, 0.4) is 0 Å². The van der Waals surface area contributed by atoms with Gasteiger partial charge in [-0.3, -0.25) is 0 Å². The number of alkyl halides is 3.